The molecular formula is C20H28Cl2N2O2S. The highest BCUT2D eigenvalue weighted by Gasteiger charge is 2.23. The van der Waals surface area contributed by atoms with Crippen LogP contribution in [0.2, 0.25) is 0 Å². The molecule has 27 heavy (non-hydrogen) atoms. The summed E-state index contributed by atoms with van der Waals surface area (Å²) in [6.45, 7) is 7.87. The summed E-state index contributed by atoms with van der Waals surface area (Å²) in [6, 6.07) is 8.29. The minimum absolute atomic E-state index is 0. The molecule has 150 valence electrons. The highest BCUT2D eigenvalue weighted by Crippen LogP contribution is 2.39. The molecule has 3 heterocycles. The molecule has 7 heteroatoms. The zero-order chi connectivity index (χ0) is 17.2. The number of thiophene rings is 1. The molecule has 0 saturated carbocycles. The van der Waals surface area contributed by atoms with Crippen molar-refractivity contribution in [2.45, 2.75) is 26.3 Å². The predicted octanol–water partition coefficient (Wildman–Crippen LogP) is 4.47. The van der Waals surface area contributed by atoms with Crippen molar-refractivity contribution in [2.24, 2.45) is 5.92 Å². The molecular weight excluding hydrogens is 403 g/mol. The van der Waals surface area contributed by atoms with Gasteiger partial charge in [-0.25, -0.2) is 0 Å². The molecule has 2 N–H and O–H groups in total. The Morgan fingerprint density at radius 3 is 2.85 bits per heavy atom. The fraction of sp³-hybridized carbons (Fsp3) is 0.500. The van der Waals surface area contributed by atoms with E-state index in [0.29, 0.717) is 18.3 Å². The molecule has 4 nitrogen and oxygen atoms in total. The van der Waals surface area contributed by atoms with Crippen LogP contribution in [0.25, 0.3) is 10.4 Å². The van der Waals surface area contributed by atoms with Crippen LogP contribution in [0, 0.1) is 12.8 Å². The number of aromatic hydroxyl groups is 1. The summed E-state index contributed by atoms with van der Waals surface area (Å²) in [4.78, 5) is 4.96. The highest BCUT2D eigenvalue weighted by atomic mass is 35.5. The standard InChI is InChI=1S/C20H26N2O2S.2ClH/c1-14-4-5-19(25-14)16-9-17-13-22(12-15-3-2-6-21-11-15)7-8-24-20(17)18(23)10-16;;/h4-5,9-10,15,21,23H,2-3,6-8,11-13H2,1H3;2*1H. The average Bonchev–Trinajstić information content (AvgIpc) is 2.93. The Morgan fingerprint density at radius 1 is 1.30 bits per heavy atom. The summed E-state index contributed by atoms with van der Waals surface area (Å²) in [5.41, 5.74) is 2.18. The Bertz CT molecular complexity index is 748. The smallest absolute Gasteiger partial charge is 0.165 e. The van der Waals surface area contributed by atoms with Gasteiger partial charge in [-0.2, -0.15) is 0 Å². The maximum absolute atomic E-state index is 10.5. The van der Waals surface area contributed by atoms with Crippen molar-refractivity contribution < 1.29 is 9.84 Å². The van der Waals surface area contributed by atoms with Crippen LogP contribution >= 0.6 is 36.2 Å². The Hall–Kier alpha value is -0.980. The molecule has 2 aliphatic rings. The zero-order valence-electron chi connectivity index (χ0n) is 15.6. The van der Waals surface area contributed by atoms with E-state index < -0.39 is 0 Å². The lowest BCUT2D eigenvalue weighted by Crippen LogP contribution is -2.38. The molecule has 1 aromatic heterocycles. The highest BCUT2D eigenvalue weighted by molar-refractivity contribution is 7.15. The van der Waals surface area contributed by atoms with Crippen molar-refractivity contribution >= 4 is 36.2 Å². The molecule has 0 spiro atoms. The summed E-state index contributed by atoms with van der Waals surface area (Å²) in [6.07, 6.45) is 2.57. The van der Waals surface area contributed by atoms with E-state index >= 15 is 0 Å². The molecule has 1 unspecified atom stereocenters. The Morgan fingerprint density at radius 2 is 2.15 bits per heavy atom. The molecule has 0 amide bonds. The van der Waals surface area contributed by atoms with Gasteiger partial charge in [0.25, 0.3) is 0 Å². The number of phenolic OH excluding ortho intramolecular Hbond substituents is 1. The predicted molar refractivity (Wildman–Crippen MR) is 117 cm³/mol. The first-order valence-electron chi connectivity index (χ1n) is 9.17. The molecule has 1 saturated heterocycles. The number of hydrogen-bond donors (Lipinski definition) is 2. The second-order valence-electron chi connectivity index (χ2n) is 7.19. The van der Waals surface area contributed by atoms with E-state index in [2.05, 4.69) is 35.3 Å². The zero-order valence-corrected chi connectivity index (χ0v) is 18.0. The molecule has 2 aliphatic heterocycles. The van der Waals surface area contributed by atoms with Gasteiger partial charge in [-0.3, -0.25) is 4.90 Å². The third-order valence-electron chi connectivity index (χ3n) is 5.13. The van der Waals surface area contributed by atoms with E-state index in [9.17, 15) is 5.11 Å². The third kappa shape index (κ3) is 5.30. The van der Waals surface area contributed by atoms with Crippen LogP contribution in [0.1, 0.15) is 23.3 Å². The van der Waals surface area contributed by atoms with Gasteiger partial charge in [0, 0.05) is 35.0 Å². The van der Waals surface area contributed by atoms with Crippen LogP contribution < -0.4 is 10.1 Å². The first-order valence-corrected chi connectivity index (χ1v) is 9.99. The van der Waals surface area contributed by atoms with Gasteiger partial charge in [0.2, 0.25) is 0 Å². The van der Waals surface area contributed by atoms with Gasteiger partial charge in [0.1, 0.15) is 6.61 Å². The van der Waals surface area contributed by atoms with E-state index in [-0.39, 0.29) is 30.6 Å². The van der Waals surface area contributed by atoms with E-state index in [1.807, 2.05) is 6.07 Å². The summed E-state index contributed by atoms with van der Waals surface area (Å²) < 4.78 is 5.89. The van der Waals surface area contributed by atoms with Gasteiger partial charge < -0.3 is 15.2 Å². The lowest BCUT2D eigenvalue weighted by Gasteiger charge is -2.29. The number of aryl methyl sites for hydroxylation is 1. The molecule has 0 radical (unpaired) electrons. The monoisotopic (exact) mass is 430 g/mol. The van der Waals surface area contributed by atoms with E-state index in [1.165, 1.54) is 22.6 Å². The molecule has 0 aliphatic carbocycles. The van der Waals surface area contributed by atoms with Gasteiger partial charge >= 0.3 is 0 Å². The van der Waals surface area contributed by atoms with Gasteiger partial charge in [0.05, 0.1) is 0 Å². The molecule has 0 bridgehead atoms. The van der Waals surface area contributed by atoms with E-state index in [1.54, 1.807) is 11.3 Å². The van der Waals surface area contributed by atoms with Crippen molar-refractivity contribution in [1.29, 1.82) is 0 Å². The number of nitrogens with zero attached hydrogens (tertiary/aromatic N) is 1. The van der Waals surface area contributed by atoms with Crippen LogP contribution in [0.4, 0.5) is 0 Å². The lowest BCUT2D eigenvalue weighted by atomic mass is 9.98. The molecule has 2 aromatic rings. The van der Waals surface area contributed by atoms with Crippen molar-refractivity contribution in [2.75, 3.05) is 32.8 Å². The van der Waals surface area contributed by atoms with Crippen LogP contribution in [0.3, 0.4) is 0 Å². The topological polar surface area (TPSA) is 44.7 Å². The summed E-state index contributed by atoms with van der Waals surface area (Å²) in [7, 11) is 0. The Labute approximate surface area is 177 Å². The van der Waals surface area contributed by atoms with Gasteiger partial charge in [-0.05, 0) is 68.6 Å². The fourth-order valence-corrected chi connectivity index (χ4v) is 4.74. The van der Waals surface area contributed by atoms with Gasteiger partial charge in [-0.15, -0.1) is 36.2 Å². The van der Waals surface area contributed by atoms with Crippen molar-refractivity contribution in [3.8, 4) is 21.9 Å². The maximum Gasteiger partial charge on any atom is 0.165 e. The number of rotatable bonds is 3. The minimum atomic E-state index is 0. The number of nitrogens with one attached hydrogen (secondary N) is 1. The summed E-state index contributed by atoms with van der Waals surface area (Å²) in [5.74, 6) is 1.65. The number of halogens is 2. The van der Waals surface area contributed by atoms with E-state index in [4.69, 9.17) is 4.74 Å². The second-order valence-corrected chi connectivity index (χ2v) is 8.48. The fourth-order valence-electron chi connectivity index (χ4n) is 3.89. The third-order valence-corrected chi connectivity index (χ3v) is 6.18. The molecule has 1 fully saturated rings. The first kappa shape index (κ1) is 22.3. The lowest BCUT2D eigenvalue weighted by molar-refractivity contribution is 0.182. The Balaban J connectivity index is 0.00000131. The van der Waals surface area contributed by atoms with E-state index in [0.717, 1.165) is 43.9 Å². The average molecular weight is 431 g/mol. The summed E-state index contributed by atoms with van der Waals surface area (Å²) in [5, 5.41) is 14.0. The van der Waals surface area contributed by atoms with Crippen molar-refractivity contribution in [3.63, 3.8) is 0 Å². The SMILES string of the molecule is Cc1ccc(-c2cc(O)c3c(c2)CN(CC2CCCNC2)CCO3)s1.Cl.Cl. The van der Waals surface area contributed by atoms with Crippen molar-refractivity contribution in [3.05, 3.63) is 34.7 Å². The molecule has 1 atom stereocenters. The quantitative estimate of drug-likeness (QED) is 0.753. The number of piperidine rings is 1. The normalized spacial score (nSPS) is 19.8. The number of hydrogen-bond acceptors (Lipinski definition) is 5. The Kier molecular flexibility index (Phi) is 8.25. The number of benzene rings is 1. The van der Waals surface area contributed by atoms with Gasteiger partial charge in [0.15, 0.2) is 11.5 Å². The molecule has 4 rings (SSSR count). The van der Waals surface area contributed by atoms with Crippen LogP contribution in [-0.2, 0) is 6.54 Å². The maximum atomic E-state index is 10.5. The molecule has 1 aromatic carbocycles. The van der Waals surface area contributed by atoms with Crippen LogP contribution in [0.15, 0.2) is 24.3 Å². The first-order chi connectivity index (χ1) is 12.2. The second kappa shape index (κ2) is 9.99. The van der Waals surface area contributed by atoms with Gasteiger partial charge in [-0.1, -0.05) is 0 Å². The van der Waals surface area contributed by atoms with Crippen LogP contribution in [0.5, 0.6) is 11.5 Å². The number of phenols is 1. The van der Waals surface area contributed by atoms with Crippen LogP contribution in [-0.4, -0.2) is 42.8 Å². The van der Waals surface area contributed by atoms with Crippen molar-refractivity contribution in [1.82, 2.24) is 10.2 Å². The number of fused-ring (bicyclic) bond motifs is 1. The largest absolute Gasteiger partial charge is 0.504 e. The minimum Gasteiger partial charge on any atom is -0.504 e. The number of ether oxygens (including phenoxy) is 1. The summed E-state index contributed by atoms with van der Waals surface area (Å²) >= 11 is 1.76.